The van der Waals surface area contributed by atoms with Crippen molar-refractivity contribution in [3.63, 3.8) is 0 Å². The van der Waals surface area contributed by atoms with E-state index < -0.39 is 29.8 Å². The summed E-state index contributed by atoms with van der Waals surface area (Å²) in [6, 6.07) is 15.2. The summed E-state index contributed by atoms with van der Waals surface area (Å²) in [5.41, 5.74) is 3.92. The van der Waals surface area contributed by atoms with Gasteiger partial charge in [0.05, 0.1) is 0 Å². The fourth-order valence-electron chi connectivity index (χ4n) is 4.88. The molecule has 2 aromatic rings. The molecule has 0 saturated carbocycles. The number of ether oxygens (including phenoxy) is 2. The maximum Gasteiger partial charge on any atom is 0.409 e. The quantitative estimate of drug-likeness (QED) is 0.625. The number of hydrogen-bond acceptors (Lipinski definition) is 5. The molecule has 1 aliphatic carbocycles. The van der Waals surface area contributed by atoms with E-state index in [-0.39, 0.29) is 24.9 Å². The molecule has 1 heterocycles. The molecule has 8 heteroatoms. The summed E-state index contributed by atoms with van der Waals surface area (Å²) in [5, 5.41) is 12.0. The van der Waals surface area contributed by atoms with E-state index in [1.54, 1.807) is 25.7 Å². The van der Waals surface area contributed by atoms with Crippen LogP contribution in [0.25, 0.3) is 11.1 Å². The Labute approximate surface area is 205 Å². The third-order valence-corrected chi connectivity index (χ3v) is 6.44. The monoisotopic (exact) mass is 480 g/mol. The van der Waals surface area contributed by atoms with Gasteiger partial charge in [0.1, 0.15) is 18.2 Å². The molecule has 1 saturated heterocycles. The number of benzene rings is 2. The average Bonchev–Trinajstić information content (AvgIpc) is 3.39. The van der Waals surface area contributed by atoms with E-state index in [0.717, 1.165) is 11.1 Å². The second-order valence-corrected chi connectivity index (χ2v) is 10.2. The molecule has 4 rings (SSSR count). The Hall–Kier alpha value is -3.55. The second kappa shape index (κ2) is 9.98. The van der Waals surface area contributed by atoms with Gasteiger partial charge in [0.15, 0.2) is 0 Å². The summed E-state index contributed by atoms with van der Waals surface area (Å²) in [6.45, 7) is 6.26. The summed E-state index contributed by atoms with van der Waals surface area (Å²) in [4.78, 5) is 38.1. The molecule has 1 fully saturated rings. The van der Waals surface area contributed by atoms with Crippen molar-refractivity contribution in [2.24, 2.45) is 5.92 Å². The summed E-state index contributed by atoms with van der Waals surface area (Å²) >= 11 is 0. The number of carbonyl (C=O) groups is 3. The Morgan fingerprint density at radius 2 is 1.66 bits per heavy atom. The highest BCUT2D eigenvalue weighted by atomic mass is 16.6. The van der Waals surface area contributed by atoms with E-state index in [4.69, 9.17) is 9.47 Å². The first-order valence-electron chi connectivity index (χ1n) is 11.9. The highest BCUT2D eigenvalue weighted by Gasteiger charge is 2.34. The predicted molar refractivity (Wildman–Crippen MR) is 130 cm³/mol. The number of likely N-dealkylation sites (tertiary alicyclic amines) is 1. The van der Waals surface area contributed by atoms with Gasteiger partial charge in [-0.15, -0.1) is 0 Å². The number of carboxylic acid groups (broad SMARTS) is 1. The summed E-state index contributed by atoms with van der Waals surface area (Å²) in [5.74, 6) is -1.21. The standard InChI is InChI=1S/C27H32N2O6/c1-27(2,3)35-25(32)28-23(24(30)31)14-17-12-13-29(15-17)26(33)34-16-22-20-10-6-4-8-18(20)19-9-5-7-11-21(19)22/h4-11,17,22-23H,12-16H2,1-3H3,(H,28,32)(H,30,31)/t17-,23-/m0/s1. The fourth-order valence-corrected chi connectivity index (χ4v) is 4.88. The normalized spacial score (nSPS) is 17.9. The van der Waals surface area contributed by atoms with E-state index >= 15 is 0 Å². The van der Waals surface area contributed by atoms with Gasteiger partial charge in [0.2, 0.25) is 0 Å². The van der Waals surface area contributed by atoms with Crippen LogP contribution in [0.2, 0.25) is 0 Å². The largest absolute Gasteiger partial charge is 0.480 e. The zero-order chi connectivity index (χ0) is 25.2. The zero-order valence-electron chi connectivity index (χ0n) is 20.3. The van der Waals surface area contributed by atoms with Crippen LogP contribution in [0.5, 0.6) is 0 Å². The molecule has 2 aliphatic rings. The average molecular weight is 481 g/mol. The SMILES string of the molecule is CC(C)(C)OC(=O)N[C@@H](C[C@@H]1CCN(C(=O)OCC2c3ccccc3-c3ccccc32)C1)C(=O)O. The van der Waals surface area contributed by atoms with E-state index in [2.05, 4.69) is 29.6 Å². The van der Waals surface area contributed by atoms with Crippen molar-refractivity contribution in [3.05, 3.63) is 59.7 Å². The van der Waals surface area contributed by atoms with Gasteiger partial charge in [0.25, 0.3) is 0 Å². The van der Waals surface area contributed by atoms with Crippen molar-refractivity contribution in [2.75, 3.05) is 19.7 Å². The highest BCUT2D eigenvalue weighted by Crippen LogP contribution is 2.44. The van der Waals surface area contributed by atoms with E-state index in [9.17, 15) is 19.5 Å². The molecule has 2 N–H and O–H groups in total. The Bertz CT molecular complexity index is 1060. The molecule has 35 heavy (non-hydrogen) atoms. The van der Waals surface area contributed by atoms with Crippen LogP contribution in [0.4, 0.5) is 9.59 Å². The summed E-state index contributed by atoms with van der Waals surface area (Å²) in [7, 11) is 0. The molecule has 2 amide bonds. The molecule has 0 bridgehead atoms. The molecule has 0 radical (unpaired) electrons. The number of hydrogen-bond donors (Lipinski definition) is 2. The van der Waals surface area contributed by atoms with Crippen molar-refractivity contribution in [1.29, 1.82) is 0 Å². The van der Waals surface area contributed by atoms with Gasteiger partial charge in [-0.05, 0) is 61.8 Å². The van der Waals surface area contributed by atoms with Gasteiger partial charge in [-0.1, -0.05) is 48.5 Å². The molecule has 2 aromatic carbocycles. The minimum atomic E-state index is -1.13. The first-order chi connectivity index (χ1) is 16.6. The van der Waals surface area contributed by atoms with Crippen molar-refractivity contribution in [1.82, 2.24) is 10.2 Å². The van der Waals surface area contributed by atoms with Crippen LogP contribution in [0.1, 0.15) is 50.7 Å². The Balaban J connectivity index is 1.32. The van der Waals surface area contributed by atoms with E-state index in [1.807, 2.05) is 24.3 Å². The summed E-state index contributed by atoms with van der Waals surface area (Å²) < 4.78 is 10.9. The Kier molecular flexibility index (Phi) is 7.00. The van der Waals surface area contributed by atoms with E-state index in [1.165, 1.54) is 11.1 Å². The van der Waals surface area contributed by atoms with Crippen LogP contribution >= 0.6 is 0 Å². The number of alkyl carbamates (subject to hydrolysis) is 1. The van der Waals surface area contributed by atoms with Crippen LogP contribution in [-0.2, 0) is 14.3 Å². The predicted octanol–water partition coefficient (Wildman–Crippen LogP) is 4.63. The molecule has 186 valence electrons. The number of carboxylic acids is 1. The molecule has 0 unspecified atom stereocenters. The van der Waals surface area contributed by atoms with Gasteiger partial charge in [0, 0.05) is 19.0 Å². The number of amides is 2. The maximum atomic E-state index is 12.8. The van der Waals surface area contributed by atoms with Crippen LogP contribution in [0.15, 0.2) is 48.5 Å². The highest BCUT2D eigenvalue weighted by molar-refractivity contribution is 5.80. The third kappa shape index (κ3) is 5.75. The Morgan fingerprint density at radius 1 is 1.06 bits per heavy atom. The van der Waals surface area contributed by atoms with Crippen LogP contribution in [-0.4, -0.2) is 59.5 Å². The molecular weight excluding hydrogens is 448 g/mol. The number of fused-ring (bicyclic) bond motifs is 3. The van der Waals surface area contributed by atoms with Crippen LogP contribution in [0, 0.1) is 5.92 Å². The minimum Gasteiger partial charge on any atom is -0.480 e. The number of nitrogens with one attached hydrogen (secondary N) is 1. The summed E-state index contributed by atoms with van der Waals surface area (Å²) in [6.07, 6.45) is -0.316. The van der Waals surface area contributed by atoms with Crippen LogP contribution < -0.4 is 5.32 Å². The Morgan fingerprint density at radius 3 is 2.23 bits per heavy atom. The number of nitrogens with zero attached hydrogens (tertiary/aromatic N) is 1. The smallest absolute Gasteiger partial charge is 0.409 e. The lowest BCUT2D eigenvalue weighted by atomic mass is 9.98. The number of aliphatic carboxylic acids is 1. The maximum absolute atomic E-state index is 12.8. The van der Waals surface area contributed by atoms with Crippen molar-refractivity contribution in [3.8, 4) is 11.1 Å². The van der Waals surface area contributed by atoms with Gasteiger partial charge in [-0.2, -0.15) is 0 Å². The van der Waals surface area contributed by atoms with Crippen LogP contribution in [0.3, 0.4) is 0 Å². The van der Waals surface area contributed by atoms with Crippen molar-refractivity contribution >= 4 is 18.2 Å². The lowest BCUT2D eigenvalue weighted by Crippen LogP contribution is -2.44. The van der Waals surface area contributed by atoms with Crippen molar-refractivity contribution < 1.29 is 29.0 Å². The molecule has 0 aromatic heterocycles. The zero-order valence-corrected chi connectivity index (χ0v) is 20.3. The van der Waals surface area contributed by atoms with Gasteiger partial charge in [-0.25, -0.2) is 14.4 Å². The lowest BCUT2D eigenvalue weighted by molar-refractivity contribution is -0.140. The minimum absolute atomic E-state index is 0.0147. The second-order valence-electron chi connectivity index (χ2n) is 10.2. The van der Waals surface area contributed by atoms with Crippen molar-refractivity contribution in [2.45, 2.75) is 51.2 Å². The first kappa shape index (κ1) is 24.6. The fraction of sp³-hybridized carbons (Fsp3) is 0.444. The molecule has 0 spiro atoms. The number of carbonyl (C=O) groups excluding carboxylic acids is 2. The molecule has 8 nitrogen and oxygen atoms in total. The molecule has 1 aliphatic heterocycles. The van der Waals surface area contributed by atoms with Gasteiger partial charge < -0.3 is 24.8 Å². The topological polar surface area (TPSA) is 105 Å². The van der Waals surface area contributed by atoms with E-state index in [0.29, 0.717) is 19.5 Å². The lowest BCUT2D eigenvalue weighted by Gasteiger charge is -2.23. The van der Waals surface area contributed by atoms with Gasteiger partial charge >= 0.3 is 18.2 Å². The molecule has 2 atom stereocenters. The number of rotatable bonds is 6. The van der Waals surface area contributed by atoms with Gasteiger partial charge in [-0.3, -0.25) is 0 Å². The first-order valence-corrected chi connectivity index (χ1v) is 11.9. The third-order valence-electron chi connectivity index (χ3n) is 6.44. The molecular formula is C27H32N2O6.